The monoisotopic (exact) mass is 319 g/mol. The molecule has 122 valence electrons. The van der Waals surface area contributed by atoms with E-state index in [0.29, 0.717) is 18.8 Å². The van der Waals surface area contributed by atoms with Gasteiger partial charge in [0.2, 0.25) is 11.6 Å². The van der Waals surface area contributed by atoms with Crippen molar-refractivity contribution in [3.8, 4) is 0 Å². The average molecular weight is 319 g/mol. The summed E-state index contributed by atoms with van der Waals surface area (Å²) in [5.41, 5.74) is -0.183. The van der Waals surface area contributed by atoms with E-state index in [1.54, 1.807) is 18.4 Å². The second kappa shape index (κ2) is 7.05. The summed E-state index contributed by atoms with van der Waals surface area (Å²) in [5, 5.41) is 17.3. The molecule has 3 heterocycles. The van der Waals surface area contributed by atoms with E-state index < -0.39 is 4.92 Å². The van der Waals surface area contributed by atoms with Crippen LogP contribution in [0.2, 0.25) is 0 Å². The van der Waals surface area contributed by atoms with Gasteiger partial charge in [-0.25, -0.2) is 9.97 Å². The summed E-state index contributed by atoms with van der Waals surface area (Å²) in [6.45, 7) is 1.51. The van der Waals surface area contributed by atoms with Crippen LogP contribution in [0.1, 0.15) is 18.6 Å². The Morgan fingerprint density at radius 3 is 2.83 bits per heavy atom. The number of hydrogen-bond acceptors (Lipinski definition) is 8. The molecule has 1 fully saturated rings. The van der Waals surface area contributed by atoms with Crippen molar-refractivity contribution in [1.82, 2.24) is 9.97 Å². The molecule has 1 atom stereocenters. The van der Waals surface area contributed by atoms with E-state index in [9.17, 15) is 10.1 Å². The number of ether oxygens (including phenoxy) is 1. The first kappa shape index (κ1) is 15.2. The normalized spacial score (nSPS) is 17.1. The van der Waals surface area contributed by atoms with Gasteiger partial charge in [-0.2, -0.15) is 0 Å². The van der Waals surface area contributed by atoms with Crippen molar-refractivity contribution in [3.63, 3.8) is 0 Å². The van der Waals surface area contributed by atoms with Crippen molar-refractivity contribution in [2.75, 3.05) is 23.8 Å². The minimum Gasteiger partial charge on any atom is -0.467 e. The summed E-state index contributed by atoms with van der Waals surface area (Å²) in [5.74, 6) is 0.991. The van der Waals surface area contributed by atoms with Gasteiger partial charge in [0, 0.05) is 13.2 Å². The number of rotatable bonds is 7. The first-order chi connectivity index (χ1) is 11.2. The van der Waals surface area contributed by atoms with Crippen molar-refractivity contribution in [3.05, 3.63) is 40.6 Å². The Hall–Kier alpha value is -2.68. The molecule has 0 aliphatic carbocycles. The number of nitrogens with zero attached hydrogens (tertiary/aromatic N) is 3. The molecule has 0 aromatic carbocycles. The molecule has 9 nitrogen and oxygen atoms in total. The molecule has 1 saturated heterocycles. The van der Waals surface area contributed by atoms with E-state index in [1.165, 1.54) is 6.33 Å². The van der Waals surface area contributed by atoms with Crippen molar-refractivity contribution in [1.29, 1.82) is 0 Å². The fourth-order valence-electron chi connectivity index (χ4n) is 2.41. The van der Waals surface area contributed by atoms with Crippen LogP contribution in [0, 0.1) is 10.1 Å². The van der Waals surface area contributed by atoms with Gasteiger partial charge in [-0.05, 0) is 25.0 Å². The van der Waals surface area contributed by atoms with E-state index in [1.807, 2.05) is 0 Å². The van der Waals surface area contributed by atoms with Crippen LogP contribution in [-0.4, -0.2) is 34.1 Å². The summed E-state index contributed by atoms with van der Waals surface area (Å²) in [6, 6.07) is 3.52. The lowest BCUT2D eigenvalue weighted by Gasteiger charge is -2.12. The van der Waals surface area contributed by atoms with Crippen molar-refractivity contribution in [2.45, 2.75) is 25.5 Å². The highest BCUT2D eigenvalue weighted by atomic mass is 16.6. The van der Waals surface area contributed by atoms with Crippen LogP contribution in [-0.2, 0) is 11.3 Å². The second-order valence-electron chi connectivity index (χ2n) is 5.13. The zero-order valence-electron chi connectivity index (χ0n) is 12.4. The zero-order chi connectivity index (χ0) is 16.1. The highest BCUT2D eigenvalue weighted by molar-refractivity contribution is 5.69. The van der Waals surface area contributed by atoms with Gasteiger partial charge in [0.15, 0.2) is 0 Å². The molecule has 3 rings (SSSR count). The van der Waals surface area contributed by atoms with Crippen LogP contribution in [0.5, 0.6) is 0 Å². The van der Waals surface area contributed by atoms with E-state index in [4.69, 9.17) is 9.15 Å². The molecule has 0 spiro atoms. The lowest BCUT2D eigenvalue weighted by atomic mass is 10.2. The number of anilines is 2. The molecular weight excluding hydrogens is 302 g/mol. The largest absolute Gasteiger partial charge is 0.467 e. The number of furan rings is 1. The van der Waals surface area contributed by atoms with Crippen LogP contribution >= 0.6 is 0 Å². The Kier molecular flexibility index (Phi) is 4.67. The fourth-order valence-corrected chi connectivity index (χ4v) is 2.41. The summed E-state index contributed by atoms with van der Waals surface area (Å²) in [7, 11) is 0. The molecule has 0 amide bonds. The molecule has 2 N–H and O–H groups in total. The first-order valence-corrected chi connectivity index (χ1v) is 7.35. The molecule has 2 aromatic rings. The molecule has 0 bridgehead atoms. The quantitative estimate of drug-likeness (QED) is 0.589. The molecular formula is C14H17N5O4. The Labute approximate surface area is 132 Å². The smallest absolute Gasteiger partial charge is 0.353 e. The lowest BCUT2D eigenvalue weighted by molar-refractivity contribution is -0.383. The minimum absolute atomic E-state index is 0.0593. The van der Waals surface area contributed by atoms with Crippen LogP contribution in [0.3, 0.4) is 0 Å². The number of hydrogen-bond donors (Lipinski definition) is 2. The van der Waals surface area contributed by atoms with Gasteiger partial charge in [0.05, 0.1) is 23.8 Å². The van der Waals surface area contributed by atoms with Gasteiger partial charge < -0.3 is 19.8 Å². The maximum Gasteiger partial charge on any atom is 0.353 e. The van der Waals surface area contributed by atoms with Crippen molar-refractivity contribution in [2.24, 2.45) is 0 Å². The lowest BCUT2D eigenvalue weighted by Crippen LogP contribution is -2.20. The number of aromatic nitrogens is 2. The first-order valence-electron chi connectivity index (χ1n) is 7.35. The molecule has 1 aliphatic rings. The average Bonchev–Trinajstić information content (AvgIpc) is 3.24. The number of nitrogens with one attached hydrogen (secondary N) is 2. The highest BCUT2D eigenvalue weighted by Gasteiger charge is 2.24. The third-order valence-electron chi connectivity index (χ3n) is 3.54. The third kappa shape index (κ3) is 3.75. The molecule has 1 aliphatic heterocycles. The van der Waals surface area contributed by atoms with Crippen LogP contribution < -0.4 is 10.6 Å². The second-order valence-corrected chi connectivity index (χ2v) is 5.13. The molecule has 1 unspecified atom stereocenters. The van der Waals surface area contributed by atoms with Crippen molar-refractivity contribution < 1.29 is 14.1 Å². The van der Waals surface area contributed by atoms with Gasteiger partial charge in [0.1, 0.15) is 12.1 Å². The van der Waals surface area contributed by atoms with Gasteiger partial charge in [0.25, 0.3) is 0 Å². The maximum atomic E-state index is 11.4. The summed E-state index contributed by atoms with van der Waals surface area (Å²) in [6.07, 6.45) is 4.84. The van der Waals surface area contributed by atoms with Gasteiger partial charge >= 0.3 is 5.69 Å². The van der Waals surface area contributed by atoms with Gasteiger partial charge in [-0.3, -0.25) is 10.1 Å². The zero-order valence-corrected chi connectivity index (χ0v) is 12.4. The van der Waals surface area contributed by atoms with Gasteiger partial charge in [-0.15, -0.1) is 0 Å². The van der Waals surface area contributed by atoms with Crippen LogP contribution in [0.25, 0.3) is 0 Å². The Balaban J connectivity index is 1.73. The molecule has 0 saturated carbocycles. The Morgan fingerprint density at radius 1 is 1.35 bits per heavy atom. The predicted octanol–water partition coefficient (Wildman–Crippen LogP) is 2.18. The Bertz CT molecular complexity index is 655. The van der Waals surface area contributed by atoms with Gasteiger partial charge in [-0.1, -0.05) is 0 Å². The topological polar surface area (TPSA) is 115 Å². The van der Waals surface area contributed by atoms with Crippen molar-refractivity contribution >= 4 is 17.3 Å². The molecule has 2 aromatic heterocycles. The van der Waals surface area contributed by atoms with E-state index in [2.05, 4.69) is 20.6 Å². The minimum atomic E-state index is -0.498. The SMILES string of the molecule is O=[N+]([O-])c1c(NCc2ccco2)ncnc1NCC1CCCO1. The Morgan fingerprint density at radius 2 is 2.17 bits per heavy atom. The summed E-state index contributed by atoms with van der Waals surface area (Å²) >= 11 is 0. The fraction of sp³-hybridized carbons (Fsp3) is 0.429. The van der Waals surface area contributed by atoms with E-state index >= 15 is 0 Å². The molecule has 0 radical (unpaired) electrons. The number of nitro groups is 1. The van der Waals surface area contributed by atoms with E-state index in [0.717, 1.165) is 19.4 Å². The third-order valence-corrected chi connectivity index (χ3v) is 3.54. The summed E-state index contributed by atoms with van der Waals surface area (Å²) in [4.78, 5) is 18.8. The standard InChI is InChI=1S/C14H17N5O4/c20-19(21)12-13(15-7-10-3-1-5-22-10)17-9-18-14(12)16-8-11-4-2-6-23-11/h1,3,5,9,11H,2,4,6-8H2,(H2,15,16,17,18). The van der Waals surface area contributed by atoms with Crippen LogP contribution in [0.15, 0.2) is 29.1 Å². The maximum absolute atomic E-state index is 11.4. The molecule has 23 heavy (non-hydrogen) atoms. The summed E-state index contributed by atoms with van der Waals surface area (Å²) < 4.78 is 10.7. The predicted molar refractivity (Wildman–Crippen MR) is 82.2 cm³/mol. The highest BCUT2D eigenvalue weighted by Crippen LogP contribution is 2.29. The van der Waals surface area contributed by atoms with E-state index in [-0.39, 0.29) is 23.4 Å². The van der Waals surface area contributed by atoms with Crippen LogP contribution in [0.4, 0.5) is 17.3 Å². The molecule has 9 heteroatoms.